The van der Waals surface area contributed by atoms with Gasteiger partial charge in [-0.25, -0.2) is 9.65 Å². The lowest BCUT2D eigenvalue weighted by Gasteiger charge is -2.25. The van der Waals surface area contributed by atoms with Crippen LogP contribution in [-0.2, 0) is 18.4 Å². The van der Waals surface area contributed by atoms with E-state index in [0.29, 0.717) is 6.42 Å². The Hall–Kier alpha value is -0.420. The van der Waals surface area contributed by atoms with Crippen molar-refractivity contribution >= 4 is 13.7 Å². The Kier molecular flexibility index (Phi) is 7.63. The third kappa shape index (κ3) is 5.64. The van der Waals surface area contributed by atoms with Gasteiger partial charge in [0.2, 0.25) is 0 Å². The molecule has 0 aromatic heterocycles. The summed E-state index contributed by atoms with van der Waals surface area (Å²) in [6.07, 6.45) is 0.655. The van der Waals surface area contributed by atoms with Crippen LogP contribution in [0.2, 0.25) is 0 Å². The summed E-state index contributed by atoms with van der Waals surface area (Å²) in [6, 6.07) is -0.941. The van der Waals surface area contributed by atoms with Gasteiger partial charge in [0, 0.05) is 0 Å². The Morgan fingerprint density at radius 1 is 1.29 bits per heavy atom. The molecule has 0 radical (unpaired) electrons. The zero-order valence-corrected chi connectivity index (χ0v) is 11.7. The van der Waals surface area contributed by atoms with Crippen LogP contribution >= 0.6 is 7.75 Å². The second kappa shape index (κ2) is 7.82. The largest absolute Gasteiger partial charge is 0.480 e. The molecule has 6 nitrogen and oxygen atoms in total. The van der Waals surface area contributed by atoms with E-state index in [4.69, 9.17) is 14.2 Å². The molecule has 2 atom stereocenters. The first-order valence-corrected chi connectivity index (χ1v) is 7.34. The third-order valence-electron chi connectivity index (χ3n) is 2.37. The monoisotopic (exact) mass is 267 g/mol. The predicted octanol–water partition coefficient (Wildman–Crippen LogP) is 2.26. The van der Waals surface area contributed by atoms with Gasteiger partial charge in [0.15, 0.2) is 0 Å². The van der Waals surface area contributed by atoms with Crippen LogP contribution in [0.5, 0.6) is 0 Å². The highest BCUT2D eigenvalue weighted by atomic mass is 31.2. The van der Waals surface area contributed by atoms with Crippen LogP contribution in [0.3, 0.4) is 0 Å². The number of rotatable bonds is 9. The normalized spacial score (nSPS) is 15.5. The van der Waals surface area contributed by atoms with E-state index in [2.05, 4.69) is 5.09 Å². The maximum atomic E-state index is 12.1. The summed E-state index contributed by atoms with van der Waals surface area (Å²) in [5.74, 6) is -1.22. The fourth-order valence-electron chi connectivity index (χ4n) is 1.28. The molecule has 2 N–H and O–H groups in total. The minimum absolute atomic E-state index is 0.165. The van der Waals surface area contributed by atoms with Crippen LogP contribution in [0, 0.1) is 5.92 Å². The molecule has 0 bridgehead atoms. The lowest BCUT2D eigenvalue weighted by atomic mass is 10.0. The molecule has 0 aromatic carbocycles. The first kappa shape index (κ1) is 16.6. The number of hydrogen-bond donors (Lipinski definition) is 2. The highest BCUT2D eigenvalue weighted by molar-refractivity contribution is 7.51. The van der Waals surface area contributed by atoms with Gasteiger partial charge < -0.3 is 5.11 Å². The number of carboxylic acid groups (broad SMARTS) is 1. The maximum absolute atomic E-state index is 12.1. The number of carboxylic acids is 1. The van der Waals surface area contributed by atoms with E-state index in [9.17, 15) is 9.36 Å². The Morgan fingerprint density at radius 3 is 2.06 bits per heavy atom. The van der Waals surface area contributed by atoms with E-state index >= 15 is 0 Å². The first-order valence-electron chi connectivity index (χ1n) is 5.79. The quantitative estimate of drug-likeness (QED) is 0.623. The highest BCUT2D eigenvalue weighted by Gasteiger charge is 2.33. The lowest BCUT2D eigenvalue weighted by Crippen LogP contribution is -2.40. The van der Waals surface area contributed by atoms with Crippen LogP contribution in [0.4, 0.5) is 0 Å². The van der Waals surface area contributed by atoms with Gasteiger partial charge in [-0.3, -0.25) is 13.8 Å². The van der Waals surface area contributed by atoms with Crippen molar-refractivity contribution in [1.82, 2.24) is 5.09 Å². The van der Waals surface area contributed by atoms with Gasteiger partial charge in [0.1, 0.15) is 6.04 Å². The first-order chi connectivity index (χ1) is 7.90. The molecule has 102 valence electrons. The lowest BCUT2D eigenvalue weighted by molar-refractivity contribution is -0.140. The van der Waals surface area contributed by atoms with E-state index < -0.39 is 19.8 Å². The van der Waals surface area contributed by atoms with Gasteiger partial charge >= 0.3 is 13.7 Å². The number of hydrogen-bond acceptors (Lipinski definition) is 4. The van der Waals surface area contributed by atoms with Gasteiger partial charge in [0.05, 0.1) is 13.2 Å². The van der Waals surface area contributed by atoms with Gasteiger partial charge in [-0.1, -0.05) is 20.3 Å². The Balaban J connectivity index is 4.79. The zero-order chi connectivity index (χ0) is 13.5. The summed E-state index contributed by atoms with van der Waals surface area (Å²) in [5.41, 5.74) is 0. The molecule has 0 heterocycles. The highest BCUT2D eigenvalue weighted by Crippen LogP contribution is 2.44. The molecule has 0 rings (SSSR count). The molecule has 0 aromatic rings. The van der Waals surface area contributed by atoms with Crippen molar-refractivity contribution in [2.75, 3.05) is 13.2 Å². The van der Waals surface area contributed by atoms with Crippen molar-refractivity contribution in [1.29, 1.82) is 0 Å². The summed E-state index contributed by atoms with van der Waals surface area (Å²) in [7, 11) is -3.53. The summed E-state index contributed by atoms with van der Waals surface area (Å²) in [4.78, 5) is 11.1. The molecular weight excluding hydrogens is 245 g/mol. The van der Waals surface area contributed by atoms with Crippen molar-refractivity contribution in [2.45, 2.75) is 40.2 Å². The fraction of sp³-hybridized carbons (Fsp3) is 0.900. The SMILES string of the molecule is CCOP(=O)(N[C@H](C(=O)O)[C@@H](C)CC)OCC. The Bertz CT molecular complexity index is 274. The minimum atomic E-state index is -3.53. The Labute approximate surface area is 102 Å². The number of nitrogens with one attached hydrogen (secondary N) is 1. The van der Waals surface area contributed by atoms with E-state index in [0.717, 1.165) is 0 Å². The average molecular weight is 267 g/mol. The van der Waals surface area contributed by atoms with Crippen LogP contribution in [0.15, 0.2) is 0 Å². The summed E-state index contributed by atoms with van der Waals surface area (Å²) in [6.45, 7) is 7.37. The van der Waals surface area contributed by atoms with Crippen LogP contribution in [0.25, 0.3) is 0 Å². The summed E-state index contributed by atoms with van der Waals surface area (Å²) < 4.78 is 22.1. The van der Waals surface area contributed by atoms with Gasteiger partial charge in [-0.2, -0.15) is 0 Å². The molecule has 0 spiro atoms. The molecule has 0 unspecified atom stereocenters. The topological polar surface area (TPSA) is 84.9 Å². The van der Waals surface area contributed by atoms with Gasteiger partial charge in [-0.15, -0.1) is 0 Å². The van der Waals surface area contributed by atoms with E-state index in [1.54, 1.807) is 20.8 Å². The molecule has 7 heteroatoms. The maximum Gasteiger partial charge on any atom is 0.406 e. The van der Waals surface area contributed by atoms with Crippen molar-refractivity contribution < 1.29 is 23.5 Å². The zero-order valence-electron chi connectivity index (χ0n) is 10.8. The molecule has 0 aliphatic heterocycles. The van der Waals surface area contributed by atoms with Crippen molar-refractivity contribution in [2.24, 2.45) is 5.92 Å². The van der Waals surface area contributed by atoms with Crippen molar-refractivity contribution in [3.63, 3.8) is 0 Å². The van der Waals surface area contributed by atoms with Crippen molar-refractivity contribution in [3.8, 4) is 0 Å². The smallest absolute Gasteiger partial charge is 0.406 e. The Morgan fingerprint density at radius 2 is 1.76 bits per heavy atom. The molecule has 0 fully saturated rings. The molecule has 0 aliphatic carbocycles. The van der Waals surface area contributed by atoms with Gasteiger partial charge in [0.25, 0.3) is 0 Å². The molecule has 0 aliphatic rings. The number of carbonyl (C=O) groups is 1. The van der Waals surface area contributed by atoms with E-state index in [1.807, 2.05) is 6.92 Å². The van der Waals surface area contributed by atoms with Crippen molar-refractivity contribution in [3.05, 3.63) is 0 Å². The van der Waals surface area contributed by atoms with E-state index in [1.165, 1.54) is 0 Å². The second-order valence-electron chi connectivity index (χ2n) is 3.66. The second-order valence-corrected chi connectivity index (χ2v) is 5.43. The average Bonchev–Trinajstić information content (AvgIpc) is 2.25. The summed E-state index contributed by atoms with van der Waals surface area (Å²) >= 11 is 0. The van der Waals surface area contributed by atoms with E-state index in [-0.39, 0.29) is 19.1 Å². The van der Waals surface area contributed by atoms with Crippen LogP contribution in [-0.4, -0.2) is 30.3 Å². The van der Waals surface area contributed by atoms with Gasteiger partial charge in [-0.05, 0) is 19.8 Å². The standard InChI is InChI=1S/C10H22NO5P/c1-5-8(4)9(10(12)13)11-17(14,15-6-2)16-7-3/h8-9H,5-7H2,1-4H3,(H,11,14)(H,12,13)/t8-,9-/m0/s1. The molecule has 0 saturated carbocycles. The minimum Gasteiger partial charge on any atom is -0.480 e. The fourth-order valence-corrected chi connectivity index (χ4v) is 2.89. The number of aliphatic carboxylic acids is 1. The molecule has 0 amide bonds. The van der Waals surface area contributed by atoms with Crippen LogP contribution in [0.1, 0.15) is 34.1 Å². The molecule has 17 heavy (non-hydrogen) atoms. The summed E-state index contributed by atoms with van der Waals surface area (Å²) in [5, 5.41) is 11.6. The third-order valence-corrected chi connectivity index (χ3v) is 4.16. The molecule has 0 saturated heterocycles. The predicted molar refractivity (Wildman–Crippen MR) is 64.9 cm³/mol. The van der Waals surface area contributed by atoms with Crippen LogP contribution < -0.4 is 5.09 Å². The molecular formula is C10H22NO5P.